The highest BCUT2D eigenvalue weighted by Gasteiger charge is 2.31. The third kappa shape index (κ3) is 4.88. The number of nitrogens with zero attached hydrogens (tertiary/aromatic N) is 2. The van der Waals surface area contributed by atoms with Crippen molar-refractivity contribution in [1.82, 2.24) is 9.88 Å². The lowest BCUT2D eigenvalue weighted by molar-refractivity contribution is 0.0235. The first-order chi connectivity index (χ1) is 9.85. The number of hydrogen-bond acceptors (Lipinski definition) is 4. The average Bonchev–Trinajstić information content (AvgIpc) is 2.83. The molecule has 0 saturated carbocycles. The van der Waals surface area contributed by atoms with E-state index < -0.39 is 5.60 Å². The number of carbonyl (C=O) groups is 1. The van der Waals surface area contributed by atoms with Gasteiger partial charge in [-0.15, -0.1) is 0 Å². The molecule has 116 valence electrons. The SMILES string of the molecule is CC(C)(C)OC(=O)N1CCC[C@H]1CNc1cccc(Br)n1. The minimum absolute atomic E-state index is 0.153. The van der Waals surface area contributed by atoms with Gasteiger partial charge in [-0.25, -0.2) is 9.78 Å². The van der Waals surface area contributed by atoms with E-state index in [4.69, 9.17) is 4.74 Å². The fourth-order valence-electron chi connectivity index (χ4n) is 2.34. The molecule has 1 aromatic rings. The van der Waals surface area contributed by atoms with Crippen LogP contribution < -0.4 is 5.32 Å². The number of amides is 1. The van der Waals surface area contributed by atoms with Crippen molar-refractivity contribution in [3.63, 3.8) is 0 Å². The normalized spacial score (nSPS) is 18.7. The Morgan fingerprint density at radius 2 is 2.29 bits per heavy atom. The van der Waals surface area contributed by atoms with Crippen molar-refractivity contribution in [1.29, 1.82) is 0 Å². The molecule has 6 heteroatoms. The first kappa shape index (κ1) is 16.1. The highest BCUT2D eigenvalue weighted by Crippen LogP contribution is 2.21. The number of pyridine rings is 1. The molecule has 5 nitrogen and oxygen atoms in total. The van der Waals surface area contributed by atoms with Crippen LogP contribution in [0.5, 0.6) is 0 Å². The van der Waals surface area contributed by atoms with Crippen LogP contribution in [0.2, 0.25) is 0 Å². The Balaban J connectivity index is 1.91. The molecule has 0 radical (unpaired) electrons. The third-order valence-electron chi connectivity index (χ3n) is 3.24. The molecule has 2 heterocycles. The molecule has 2 rings (SSSR count). The molecule has 21 heavy (non-hydrogen) atoms. The van der Waals surface area contributed by atoms with E-state index in [0.717, 1.165) is 29.8 Å². The first-order valence-electron chi connectivity index (χ1n) is 7.21. The van der Waals surface area contributed by atoms with Crippen LogP contribution in [-0.4, -0.2) is 40.7 Å². The quantitative estimate of drug-likeness (QED) is 0.840. The predicted octanol–water partition coefficient (Wildman–Crippen LogP) is 3.66. The van der Waals surface area contributed by atoms with Crippen molar-refractivity contribution in [2.45, 2.75) is 45.3 Å². The van der Waals surface area contributed by atoms with Crippen LogP contribution in [0.1, 0.15) is 33.6 Å². The number of ether oxygens (including phenoxy) is 1. The molecule has 0 bridgehead atoms. The largest absolute Gasteiger partial charge is 0.444 e. The van der Waals surface area contributed by atoms with Crippen molar-refractivity contribution >= 4 is 27.8 Å². The molecule has 0 unspecified atom stereocenters. The second-order valence-electron chi connectivity index (χ2n) is 6.20. The van der Waals surface area contributed by atoms with Crippen LogP contribution in [0.4, 0.5) is 10.6 Å². The van der Waals surface area contributed by atoms with E-state index in [0.29, 0.717) is 6.54 Å². The van der Waals surface area contributed by atoms with Crippen LogP contribution in [0.3, 0.4) is 0 Å². The average molecular weight is 356 g/mol. The second-order valence-corrected chi connectivity index (χ2v) is 7.01. The van der Waals surface area contributed by atoms with Gasteiger partial charge in [-0.3, -0.25) is 0 Å². The number of likely N-dealkylation sites (tertiary alicyclic amines) is 1. The maximum atomic E-state index is 12.2. The monoisotopic (exact) mass is 355 g/mol. The van der Waals surface area contributed by atoms with Crippen molar-refractivity contribution < 1.29 is 9.53 Å². The minimum Gasteiger partial charge on any atom is -0.444 e. The van der Waals surface area contributed by atoms with Crippen LogP contribution in [-0.2, 0) is 4.74 Å². The summed E-state index contributed by atoms with van der Waals surface area (Å²) in [5.41, 5.74) is -0.455. The molecule has 0 aliphatic carbocycles. The molecule has 1 saturated heterocycles. The van der Waals surface area contributed by atoms with Gasteiger partial charge in [0.1, 0.15) is 16.0 Å². The number of halogens is 1. The van der Waals surface area contributed by atoms with Crippen molar-refractivity contribution in [2.75, 3.05) is 18.4 Å². The fraction of sp³-hybridized carbons (Fsp3) is 0.600. The Kier molecular flexibility index (Phi) is 5.08. The summed E-state index contributed by atoms with van der Waals surface area (Å²) in [6, 6.07) is 5.88. The highest BCUT2D eigenvalue weighted by atomic mass is 79.9. The molecule has 1 fully saturated rings. The van der Waals surface area contributed by atoms with Crippen molar-refractivity contribution in [3.05, 3.63) is 22.8 Å². The Morgan fingerprint density at radius 3 is 2.95 bits per heavy atom. The van der Waals surface area contributed by atoms with Crippen molar-refractivity contribution in [3.8, 4) is 0 Å². The van der Waals surface area contributed by atoms with Gasteiger partial charge in [0, 0.05) is 13.1 Å². The van der Waals surface area contributed by atoms with E-state index in [2.05, 4.69) is 26.2 Å². The lowest BCUT2D eigenvalue weighted by Crippen LogP contribution is -2.42. The third-order valence-corrected chi connectivity index (χ3v) is 3.68. The molecular weight excluding hydrogens is 334 g/mol. The molecule has 1 aliphatic heterocycles. The van der Waals surface area contributed by atoms with Crippen LogP contribution in [0.25, 0.3) is 0 Å². The Labute approximate surface area is 134 Å². The zero-order valence-electron chi connectivity index (χ0n) is 12.7. The van der Waals surface area contributed by atoms with Gasteiger partial charge in [-0.1, -0.05) is 6.07 Å². The lowest BCUT2D eigenvalue weighted by atomic mass is 10.2. The van der Waals surface area contributed by atoms with Crippen molar-refractivity contribution in [2.24, 2.45) is 0 Å². The van der Waals surface area contributed by atoms with Gasteiger partial charge in [0.25, 0.3) is 0 Å². The van der Waals surface area contributed by atoms with Gasteiger partial charge < -0.3 is 15.0 Å². The summed E-state index contributed by atoms with van der Waals surface area (Å²) in [5, 5.41) is 3.28. The first-order valence-corrected chi connectivity index (χ1v) is 8.00. The Bertz CT molecular complexity index is 502. The number of carbonyl (C=O) groups excluding carboxylic acids is 1. The van der Waals surface area contributed by atoms with Crippen LogP contribution in [0.15, 0.2) is 22.8 Å². The summed E-state index contributed by atoms with van der Waals surface area (Å²) in [4.78, 5) is 18.3. The summed E-state index contributed by atoms with van der Waals surface area (Å²) < 4.78 is 6.25. The predicted molar refractivity (Wildman–Crippen MR) is 86.4 cm³/mol. The van der Waals surface area contributed by atoms with Gasteiger partial charge in [-0.05, 0) is 61.7 Å². The minimum atomic E-state index is -0.455. The number of nitrogens with one attached hydrogen (secondary N) is 1. The van der Waals surface area contributed by atoms with E-state index in [1.165, 1.54) is 0 Å². The van der Waals surface area contributed by atoms with Crippen LogP contribution in [0, 0.1) is 0 Å². The summed E-state index contributed by atoms with van der Waals surface area (Å²) >= 11 is 3.35. The molecular formula is C15H22BrN3O2. The maximum absolute atomic E-state index is 12.2. The summed E-state index contributed by atoms with van der Waals surface area (Å²) in [5.74, 6) is 0.806. The molecule has 0 spiro atoms. The summed E-state index contributed by atoms with van der Waals surface area (Å²) in [6.07, 6.45) is 1.77. The smallest absolute Gasteiger partial charge is 0.410 e. The number of anilines is 1. The van der Waals surface area contributed by atoms with E-state index >= 15 is 0 Å². The standard InChI is InChI=1S/C15H22BrN3O2/c1-15(2,3)21-14(20)19-9-5-6-11(19)10-17-13-8-4-7-12(16)18-13/h4,7-8,11H,5-6,9-10H2,1-3H3,(H,17,18)/t11-/m0/s1. The molecule has 0 aromatic carbocycles. The van der Waals surface area contributed by atoms with Gasteiger partial charge >= 0.3 is 6.09 Å². The zero-order chi connectivity index (χ0) is 15.5. The van der Waals surface area contributed by atoms with E-state index in [1.807, 2.05) is 43.9 Å². The number of aromatic nitrogens is 1. The van der Waals surface area contributed by atoms with Gasteiger partial charge in [-0.2, -0.15) is 0 Å². The van der Waals surface area contributed by atoms with Gasteiger partial charge in [0.15, 0.2) is 0 Å². The molecule has 1 amide bonds. The lowest BCUT2D eigenvalue weighted by Gasteiger charge is -2.28. The van der Waals surface area contributed by atoms with Gasteiger partial charge in [0.2, 0.25) is 0 Å². The number of hydrogen-bond donors (Lipinski definition) is 1. The molecule has 1 aliphatic rings. The summed E-state index contributed by atoms with van der Waals surface area (Å²) in [6.45, 7) is 7.11. The molecule has 1 aromatic heterocycles. The molecule has 1 atom stereocenters. The van der Waals surface area contributed by atoms with Gasteiger partial charge in [0.05, 0.1) is 6.04 Å². The molecule has 1 N–H and O–H groups in total. The Morgan fingerprint density at radius 1 is 1.52 bits per heavy atom. The number of rotatable bonds is 3. The summed E-state index contributed by atoms with van der Waals surface area (Å²) in [7, 11) is 0. The maximum Gasteiger partial charge on any atom is 0.410 e. The van der Waals surface area contributed by atoms with E-state index in [1.54, 1.807) is 0 Å². The second kappa shape index (κ2) is 6.64. The zero-order valence-corrected chi connectivity index (χ0v) is 14.3. The van der Waals surface area contributed by atoms with Crippen LogP contribution >= 0.6 is 15.9 Å². The fourth-order valence-corrected chi connectivity index (χ4v) is 2.68. The Hall–Kier alpha value is -1.30. The van der Waals surface area contributed by atoms with E-state index in [9.17, 15) is 4.79 Å². The highest BCUT2D eigenvalue weighted by molar-refractivity contribution is 9.10. The van der Waals surface area contributed by atoms with E-state index in [-0.39, 0.29) is 12.1 Å². The topological polar surface area (TPSA) is 54.5 Å².